The fraction of sp³-hybridized carbons (Fsp3) is 0.0909. The third-order valence-corrected chi connectivity index (χ3v) is 2.71. The standard InChI is InChI=1S/C11H8ClN3O2/c1-7-9(8-2-4-13-5-3-8)6-14-11(12)10(7)15(16)17/h2-6H,1H3. The molecule has 2 aromatic heterocycles. The Morgan fingerprint density at radius 2 is 2.00 bits per heavy atom. The fourth-order valence-corrected chi connectivity index (χ4v) is 1.86. The zero-order valence-electron chi connectivity index (χ0n) is 8.92. The Morgan fingerprint density at radius 3 is 2.59 bits per heavy atom. The SMILES string of the molecule is Cc1c(-c2ccncc2)cnc(Cl)c1[N+](=O)[O-]. The minimum Gasteiger partial charge on any atom is -0.265 e. The van der Waals surface area contributed by atoms with Crippen LogP contribution in [0.5, 0.6) is 0 Å². The molecule has 0 spiro atoms. The first-order chi connectivity index (χ1) is 8.11. The lowest BCUT2D eigenvalue weighted by molar-refractivity contribution is -0.385. The largest absolute Gasteiger partial charge is 0.309 e. The van der Waals surface area contributed by atoms with Gasteiger partial charge in [0, 0.05) is 29.7 Å². The van der Waals surface area contributed by atoms with Crippen LogP contribution < -0.4 is 0 Å². The minimum absolute atomic E-state index is 0.0923. The molecule has 0 aromatic carbocycles. The molecule has 5 nitrogen and oxygen atoms in total. The maximum absolute atomic E-state index is 10.9. The summed E-state index contributed by atoms with van der Waals surface area (Å²) in [6, 6.07) is 3.53. The fourth-order valence-electron chi connectivity index (χ4n) is 1.60. The normalized spacial score (nSPS) is 10.2. The third-order valence-electron chi connectivity index (χ3n) is 2.44. The molecule has 0 atom stereocenters. The molecule has 0 radical (unpaired) electrons. The van der Waals surface area contributed by atoms with Crippen molar-refractivity contribution in [2.24, 2.45) is 0 Å². The zero-order chi connectivity index (χ0) is 12.4. The molecular weight excluding hydrogens is 242 g/mol. The monoisotopic (exact) mass is 249 g/mol. The topological polar surface area (TPSA) is 68.9 Å². The molecule has 0 bridgehead atoms. The van der Waals surface area contributed by atoms with E-state index in [-0.39, 0.29) is 10.8 Å². The summed E-state index contributed by atoms with van der Waals surface area (Å²) < 4.78 is 0. The molecule has 0 fully saturated rings. The van der Waals surface area contributed by atoms with Crippen molar-refractivity contribution in [2.45, 2.75) is 6.92 Å². The van der Waals surface area contributed by atoms with E-state index in [0.717, 1.165) is 5.56 Å². The summed E-state index contributed by atoms with van der Waals surface area (Å²) in [6.45, 7) is 1.65. The molecule has 17 heavy (non-hydrogen) atoms. The van der Waals surface area contributed by atoms with Gasteiger partial charge in [0.15, 0.2) is 0 Å². The zero-order valence-corrected chi connectivity index (χ0v) is 9.68. The van der Waals surface area contributed by atoms with E-state index in [1.807, 2.05) is 0 Å². The van der Waals surface area contributed by atoms with Crippen LogP contribution in [0.15, 0.2) is 30.7 Å². The van der Waals surface area contributed by atoms with Gasteiger partial charge in [-0.3, -0.25) is 15.1 Å². The Labute approximate surface area is 102 Å². The first kappa shape index (κ1) is 11.5. The van der Waals surface area contributed by atoms with Crippen LogP contribution >= 0.6 is 11.6 Å². The minimum atomic E-state index is -0.518. The highest BCUT2D eigenvalue weighted by atomic mass is 35.5. The summed E-state index contributed by atoms with van der Waals surface area (Å²) in [5.41, 5.74) is 1.86. The van der Waals surface area contributed by atoms with Crippen LogP contribution in [-0.4, -0.2) is 14.9 Å². The van der Waals surface area contributed by atoms with E-state index < -0.39 is 4.92 Å². The molecule has 2 rings (SSSR count). The molecule has 6 heteroatoms. The number of hydrogen-bond donors (Lipinski definition) is 0. The van der Waals surface area contributed by atoms with E-state index in [1.54, 1.807) is 31.5 Å². The number of hydrogen-bond acceptors (Lipinski definition) is 4. The van der Waals surface area contributed by atoms with Gasteiger partial charge < -0.3 is 0 Å². The van der Waals surface area contributed by atoms with E-state index in [4.69, 9.17) is 11.6 Å². The van der Waals surface area contributed by atoms with Gasteiger partial charge in [-0.25, -0.2) is 4.98 Å². The number of halogens is 1. The Kier molecular flexibility index (Phi) is 3.01. The van der Waals surface area contributed by atoms with Crippen LogP contribution in [-0.2, 0) is 0 Å². The highest BCUT2D eigenvalue weighted by Gasteiger charge is 2.20. The summed E-state index contributed by atoms with van der Waals surface area (Å²) in [6.07, 6.45) is 4.77. The first-order valence-electron chi connectivity index (χ1n) is 4.81. The van der Waals surface area contributed by atoms with Gasteiger partial charge in [-0.05, 0) is 24.6 Å². The molecule has 86 valence electrons. The molecule has 0 amide bonds. The maximum Gasteiger partial charge on any atom is 0.309 e. The highest BCUT2D eigenvalue weighted by molar-refractivity contribution is 6.31. The molecule has 0 aliphatic carbocycles. The van der Waals surface area contributed by atoms with Crippen molar-refractivity contribution in [1.29, 1.82) is 0 Å². The summed E-state index contributed by atoms with van der Waals surface area (Å²) in [7, 11) is 0. The van der Waals surface area contributed by atoms with Crippen molar-refractivity contribution in [1.82, 2.24) is 9.97 Å². The highest BCUT2D eigenvalue weighted by Crippen LogP contribution is 2.33. The van der Waals surface area contributed by atoms with Gasteiger partial charge in [-0.15, -0.1) is 0 Å². The second-order valence-corrected chi connectivity index (χ2v) is 3.79. The van der Waals surface area contributed by atoms with Crippen molar-refractivity contribution >= 4 is 17.3 Å². The van der Waals surface area contributed by atoms with Gasteiger partial charge in [-0.1, -0.05) is 11.6 Å². The number of nitro groups is 1. The summed E-state index contributed by atoms with van der Waals surface area (Å²) in [4.78, 5) is 18.1. The van der Waals surface area contributed by atoms with Crippen LogP contribution in [0.3, 0.4) is 0 Å². The number of pyridine rings is 2. The quantitative estimate of drug-likeness (QED) is 0.466. The van der Waals surface area contributed by atoms with E-state index in [0.29, 0.717) is 11.1 Å². The Bertz CT molecular complexity index is 572. The second-order valence-electron chi connectivity index (χ2n) is 3.43. The molecule has 0 aliphatic rings. The van der Waals surface area contributed by atoms with Gasteiger partial charge in [-0.2, -0.15) is 0 Å². The molecular formula is C11H8ClN3O2. The van der Waals surface area contributed by atoms with Gasteiger partial charge in [0.2, 0.25) is 5.15 Å². The Morgan fingerprint density at radius 1 is 1.35 bits per heavy atom. The van der Waals surface area contributed by atoms with E-state index in [9.17, 15) is 10.1 Å². The first-order valence-corrected chi connectivity index (χ1v) is 5.19. The Balaban J connectivity index is 2.66. The summed E-state index contributed by atoms with van der Waals surface area (Å²) in [5, 5.41) is 10.8. The van der Waals surface area contributed by atoms with Crippen LogP contribution in [0, 0.1) is 17.0 Å². The smallest absolute Gasteiger partial charge is 0.265 e. The van der Waals surface area contributed by atoms with Gasteiger partial charge in [0.05, 0.1) is 4.92 Å². The maximum atomic E-state index is 10.9. The Hall–Kier alpha value is -2.01. The van der Waals surface area contributed by atoms with Crippen molar-refractivity contribution in [3.05, 3.63) is 51.6 Å². The summed E-state index contributed by atoms with van der Waals surface area (Å²) in [5.74, 6) is 0. The average molecular weight is 250 g/mol. The number of nitrogens with zero attached hydrogens (tertiary/aromatic N) is 3. The van der Waals surface area contributed by atoms with E-state index in [2.05, 4.69) is 9.97 Å². The van der Waals surface area contributed by atoms with Gasteiger partial charge in [0.1, 0.15) is 0 Å². The molecule has 0 N–H and O–H groups in total. The lowest BCUT2D eigenvalue weighted by atomic mass is 10.0. The molecule has 0 saturated carbocycles. The third kappa shape index (κ3) is 2.09. The van der Waals surface area contributed by atoms with Crippen LogP contribution in [0.1, 0.15) is 5.56 Å². The molecule has 0 unspecified atom stereocenters. The van der Waals surface area contributed by atoms with Crippen molar-refractivity contribution in [2.75, 3.05) is 0 Å². The van der Waals surface area contributed by atoms with Gasteiger partial charge in [0.25, 0.3) is 0 Å². The number of rotatable bonds is 2. The van der Waals surface area contributed by atoms with Crippen LogP contribution in [0.2, 0.25) is 5.15 Å². The number of aromatic nitrogens is 2. The predicted octanol–water partition coefficient (Wildman–Crippen LogP) is 3.01. The molecule has 0 aliphatic heterocycles. The lowest BCUT2D eigenvalue weighted by Crippen LogP contribution is -1.97. The average Bonchev–Trinajstić information content (AvgIpc) is 2.30. The van der Waals surface area contributed by atoms with Gasteiger partial charge >= 0.3 is 5.69 Å². The van der Waals surface area contributed by atoms with Crippen molar-refractivity contribution in [3.63, 3.8) is 0 Å². The lowest BCUT2D eigenvalue weighted by Gasteiger charge is -2.06. The molecule has 0 saturated heterocycles. The molecule has 2 aromatic rings. The van der Waals surface area contributed by atoms with Crippen molar-refractivity contribution in [3.8, 4) is 11.1 Å². The second kappa shape index (κ2) is 4.47. The molecule has 2 heterocycles. The van der Waals surface area contributed by atoms with E-state index in [1.165, 1.54) is 6.20 Å². The predicted molar refractivity (Wildman–Crippen MR) is 63.9 cm³/mol. The summed E-state index contributed by atoms with van der Waals surface area (Å²) >= 11 is 5.72. The van der Waals surface area contributed by atoms with Crippen LogP contribution in [0.4, 0.5) is 5.69 Å². The van der Waals surface area contributed by atoms with Crippen molar-refractivity contribution < 1.29 is 4.92 Å². The van der Waals surface area contributed by atoms with Crippen LogP contribution in [0.25, 0.3) is 11.1 Å². The van der Waals surface area contributed by atoms with E-state index >= 15 is 0 Å².